The fraction of sp³-hybridized carbons (Fsp3) is 0.583. The van der Waals surface area contributed by atoms with Crippen molar-refractivity contribution in [1.82, 2.24) is 10.6 Å². The summed E-state index contributed by atoms with van der Waals surface area (Å²) in [7, 11) is 5.11. The molecule has 1 atom stereocenters. The maximum absolute atomic E-state index is 12.3. The summed E-state index contributed by atoms with van der Waals surface area (Å²) >= 11 is 12.1. The van der Waals surface area contributed by atoms with Gasteiger partial charge in [0.05, 0.1) is 28.0 Å². The molecule has 1 heterocycles. The standard InChI is InChI=1S/C24H33BCl2N4O3/c1-17-16-31(18-12-13-19(26)20(27)15-18)30-24(17)29-23(34)11-8-14-28-22(33)10-7-5-3-2-4-6-9-21(25)32/h12-13,15,17H,2-11,14,16H2,1H3,(H,28,33)(H,29,30,34). The second-order valence-corrected chi connectivity index (χ2v) is 9.47. The van der Waals surface area contributed by atoms with Crippen LogP contribution in [-0.2, 0) is 14.4 Å². The van der Waals surface area contributed by atoms with E-state index in [0.717, 1.165) is 44.2 Å². The maximum Gasteiger partial charge on any atom is 0.225 e. The third-order valence-corrected chi connectivity index (χ3v) is 6.33. The van der Waals surface area contributed by atoms with Crippen molar-refractivity contribution in [2.45, 2.75) is 71.1 Å². The summed E-state index contributed by atoms with van der Waals surface area (Å²) in [6.07, 6.45) is 7.59. The fourth-order valence-corrected chi connectivity index (χ4v) is 3.93. The Morgan fingerprint density at radius 1 is 0.971 bits per heavy atom. The minimum Gasteiger partial charge on any atom is -0.356 e. The molecule has 10 heteroatoms. The smallest absolute Gasteiger partial charge is 0.225 e. The Kier molecular flexibility index (Phi) is 12.5. The molecule has 0 spiro atoms. The second-order valence-electron chi connectivity index (χ2n) is 8.66. The van der Waals surface area contributed by atoms with Gasteiger partial charge in [-0.15, -0.1) is 0 Å². The number of anilines is 1. The number of halogens is 2. The lowest BCUT2D eigenvalue weighted by Crippen LogP contribution is -2.34. The van der Waals surface area contributed by atoms with Crippen LogP contribution in [0, 0.1) is 5.92 Å². The van der Waals surface area contributed by atoms with Crippen LogP contribution in [0.3, 0.4) is 0 Å². The summed E-state index contributed by atoms with van der Waals surface area (Å²) in [5.74, 6) is 0.586. The average Bonchev–Trinajstić information content (AvgIpc) is 3.14. The van der Waals surface area contributed by atoms with Crippen LogP contribution in [0.1, 0.15) is 71.1 Å². The van der Waals surface area contributed by atoms with Gasteiger partial charge in [0.1, 0.15) is 5.84 Å². The van der Waals surface area contributed by atoms with Crippen LogP contribution in [0.25, 0.3) is 0 Å². The zero-order valence-electron chi connectivity index (χ0n) is 19.7. The number of carbonyl (C=O) groups excluding carboxylic acids is 3. The first kappa shape index (κ1) is 28.2. The molecule has 2 N–H and O–H groups in total. The van der Waals surface area contributed by atoms with E-state index in [1.807, 2.05) is 13.0 Å². The number of nitrogens with zero attached hydrogens (tertiary/aromatic N) is 2. The van der Waals surface area contributed by atoms with Gasteiger partial charge in [-0.25, -0.2) is 0 Å². The van der Waals surface area contributed by atoms with Crippen LogP contribution >= 0.6 is 23.2 Å². The summed E-state index contributed by atoms with van der Waals surface area (Å²) in [4.78, 5) is 34.9. The minimum atomic E-state index is -0.248. The number of hydrazone groups is 1. The molecule has 1 aliphatic rings. The fourth-order valence-electron chi connectivity index (χ4n) is 3.63. The van der Waals surface area contributed by atoms with Gasteiger partial charge in [0, 0.05) is 25.3 Å². The molecule has 2 rings (SSSR count). The van der Waals surface area contributed by atoms with Crippen LogP contribution < -0.4 is 15.6 Å². The maximum atomic E-state index is 12.3. The normalized spacial score (nSPS) is 15.2. The summed E-state index contributed by atoms with van der Waals surface area (Å²) < 4.78 is 0. The van der Waals surface area contributed by atoms with E-state index in [1.54, 1.807) is 17.1 Å². The quantitative estimate of drug-likeness (QED) is 0.285. The Hall–Kier alpha value is -2.06. The molecule has 0 aromatic heterocycles. The number of unbranched alkanes of at least 4 members (excludes halogenated alkanes) is 5. The third-order valence-electron chi connectivity index (χ3n) is 5.59. The van der Waals surface area contributed by atoms with Crippen LogP contribution in [-0.4, -0.2) is 44.3 Å². The molecule has 1 unspecified atom stereocenters. The molecular weight excluding hydrogens is 474 g/mol. The lowest BCUT2D eigenvalue weighted by molar-refractivity contribution is -0.122. The lowest BCUT2D eigenvalue weighted by Gasteiger charge is -2.14. The zero-order valence-corrected chi connectivity index (χ0v) is 21.3. The van der Waals surface area contributed by atoms with Crippen LogP contribution in [0.5, 0.6) is 0 Å². The highest BCUT2D eigenvalue weighted by molar-refractivity contribution is 6.57. The molecule has 1 aromatic carbocycles. The van der Waals surface area contributed by atoms with Crippen LogP contribution in [0.2, 0.25) is 10.0 Å². The van der Waals surface area contributed by atoms with Gasteiger partial charge in [0.15, 0.2) is 7.85 Å². The first-order chi connectivity index (χ1) is 16.3. The number of amides is 2. The van der Waals surface area contributed by atoms with Gasteiger partial charge in [-0.1, -0.05) is 55.8 Å². The highest BCUT2D eigenvalue weighted by Gasteiger charge is 2.25. The van der Waals surface area contributed by atoms with Crippen molar-refractivity contribution >= 4 is 60.1 Å². The molecule has 184 valence electrons. The molecule has 2 amide bonds. The molecule has 0 bridgehead atoms. The molecule has 0 saturated heterocycles. The van der Waals surface area contributed by atoms with Gasteiger partial charge in [0.25, 0.3) is 0 Å². The van der Waals surface area contributed by atoms with E-state index in [1.165, 1.54) is 0 Å². The van der Waals surface area contributed by atoms with Gasteiger partial charge in [-0.3, -0.25) is 14.6 Å². The molecule has 0 saturated carbocycles. The van der Waals surface area contributed by atoms with Gasteiger partial charge >= 0.3 is 0 Å². The van der Waals surface area contributed by atoms with Crippen molar-refractivity contribution in [2.75, 3.05) is 18.1 Å². The SMILES string of the molecule is [B]C(=O)CCCCCCCCC(=O)NCCCC(=O)NC1=NN(c2ccc(Cl)c(Cl)c2)CC1C. The topological polar surface area (TPSA) is 90.9 Å². The van der Waals surface area contributed by atoms with E-state index in [4.69, 9.17) is 31.0 Å². The molecule has 7 nitrogen and oxygen atoms in total. The van der Waals surface area contributed by atoms with E-state index in [0.29, 0.717) is 54.7 Å². The summed E-state index contributed by atoms with van der Waals surface area (Å²) in [5.41, 5.74) is 0.568. The summed E-state index contributed by atoms with van der Waals surface area (Å²) in [5, 5.41) is 13.0. The van der Waals surface area contributed by atoms with Crippen LogP contribution in [0.15, 0.2) is 23.3 Å². The highest BCUT2D eigenvalue weighted by atomic mass is 35.5. The summed E-state index contributed by atoms with van der Waals surface area (Å²) in [6.45, 7) is 3.10. The van der Waals surface area contributed by atoms with Crippen molar-refractivity contribution in [2.24, 2.45) is 11.0 Å². The third kappa shape index (κ3) is 10.5. The Bertz CT molecular complexity index is 882. The van der Waals surface area contributed by atoms with Gasteiger partial charge < -0.3 is 15.4 Å². The average molecular weight is 507 g/mol. The van der Waals surface area contributed by atoms with Crippen LogP contribution in [0.4, 0.5) is 5.69 Å². The Morgan fingerprint density at radius 2 is 1.62 bits per heavy atom. The lowest BCUT2D eigenvalue weighted by atomic mass is 9.96. The summed E-state index contributed by atoms with van der Waals surface area (Å²) in [6, 6.07) is 5.31. The number of hydrogen-bond acceptors (Lipinski definition) is 5. The number of amidine groups is 1. The number of rotatable bonds is 14. The predicted octanol–water partition coefficient (Wildman–Crippen LogP) is 4.59. The molecule has 2 radical (unpaired) electrons. The first-order valence-electron chi connectivity index (χ1n) is 11.9. The number of nitrogens with one attached hydrogen (secondary N) is 2. The number of hydrogen-bond donors (Lipinski definition) is 2. The van der Waals surface area contributed by atoms with E-state index >= 15 is 0 Å². The molecule has 34 heavy (non-hydrogen) atoms. The number of benzene rings is 1. The van der Waals surface area contributed by atoms with Gasteiger partial charge in [0.2, 0.25) is 11.8 Å². The predicted molar refractivity (Wildman–Crippen MR) is 138 cm³/mol. The Balaban J connectivity index is 1.56. The number of carbonyl (C=O) groups is 3. The molecule has 1 aromatic rings. The van der Waals surface area contributed by atoms with Gasteiger partial charge in [-0.2, -0.15) is 5.10 Å². The van der Waals surface area contributed by atoms with Crippen molar-refractivity contribution in [3.63, 3.8) is 0 Å². The van der Waals surface area contributed by atoms with E-state index in [-0.39, 0.29) is 23.4 Å². The highest BCUT2D eigenvalue weighted by Crippen LogP contribution is 2.29. The van der Waals surface area contributed by atoms with Crippen molar-refractivity contribution in [3.8, 4) is 0 Å². The molecule has 0 aliphatic carbocycles. The Morgan fingerprint density at radius 3 is 2.29 bits per heavy atom. The van der Waals surface area contributed by atoms with E-state index < -0.39 is 0 Å². The van der Waals surface area contributed by atoms with Gasteiger partial charge in [-0.05, 0) is 43.9 Å². The monoisotopic (exact) mass is 506 g/mol. The largest absolute Gasteiger partial charge is 0.356 e. The molecule has 0 fully saturated rings. The Labute approximate surface area is 213 Å². The molecular formula is C24H33BCl2N4O3. The molecule has 1 aliphatic heterocycles. The van der Waals surface area contributed by atoms with E-state index in [2.05, 4.69) is 15.7 Å². The second kappa shape index (κ2) is 15.0. The van der Waals surface area contributed by atoms with Crippen molar-refractivity contribution in [1.29, 1.82) is 0 Å². The van der Waals surface area contributed by atoms with E-state index in [9.17, 15) is 14.4 Å². The van der Waals surface area contributed by atoms with Crippen molar-refractivity contribution in [3.05, 3.63) is 28.2 Å². The minimum absolute atomic E-state index is 0.0141. The first-order valence-corrected chi connectivity index (χ1v) is 12.7. The zero-order chi connectivity index (χ0) is 24.9. The van der Waals surface area contributed by atoms with Crippen molar-refractivity contribution < 1.29 is 14.4 Å².